The Morgan fingerprint density at radius 3 is 2.63 bits per heavy atom. The van der Waals surface area contributed by atoms with Gasteiger partial charge < -0.3 is 4.74 Å². The zero-order chi connectivity index (χ0) is 21.9. The van der Waals surface area contributed by atoms with E-state index in [0.29, 0.717) is 12.3 Å². The highest BCUT2D eigenvalue weighted by Gasteiger charge is 2.25. The summed E-state index contributed by atoms with van der Waals surface area (Å²) < 4.78 is 36.0. The third-order valence-electron chi connectivity index (χ3n) is 4.67. The summed E-state index contributed by atoms with van der Waals surface area (Å²) in [5.74, 6) is -3.27. The molecular weight excluding hydrogens is 503 g/mol. The van der Waals surface area contributed by atoms with Gasteiger partial charge in [0.1, 0.15) is 6.54 Å². The van der Waals surface area contributed by atoms with E-state index in [2.05, 4.69) is 28.0 Å². The fourth-order valence-corrected chi connectivity index (χ4v) is 3.83. The molecule has 1 aromatic heterocycles. The third-order valence-corrected chi connectivity index (χ3v) is 5.75. The number of halogens is 3. The number of nitrogens with zero attached hydrogens (tertiary/aromatic N) is 3. The van der Waals surface area contributed by atoms with Crippen LogP contribution in [0.2, 0.25) is 0 Å². The Hall–Kier alpha value is -2.49. The van der Waals surface area contributed by atoms with Crippen molar-refractivity contribution in [3.05, 3.63) is 66.0 Å². The number of para-hydroxylation sites is 1. The highest BCUT2D eigenvalue weighted by atomic mass is 127. The number of carbonyl (C=O) groups excluding carboxylic acids is 1. The highest BCUT2D eigenvalue weighted by molar-refractivity contribution is 14.1. The van der Waals surface area contributed by atoms with Gasteiger partial charge in [-0.2, -0.15) is 5.10 Å². The molecule has 3 rings (SSSR count). The van der Waals surface area contributed by atoms with Crippen LogP contribution in [0.1, 0.15) is 25.1 Å². The van der Waals surface area contributed by atoms with Crippen LogP contribution >= 0.6 is 22.9 Å². The second kappa shape index (κ2) is 9.11. The standard InChI is InChI=1S/C22H22F2IN3O2/c1-4-30-21(29)14-27-15(2)19(13-26-27)18-10-5-6-11-20(18)28(25)17-9-7-8-16(12-17)22(3,23)24/h5-13H,4,14H2,1-3H3. The van der Waals surface area contributed by atoms with Crippen LogP contribution in [0.3, 0.4) is 0 Å². The molecule has 0 aliphatic heterocycles. The minimum atomic E-state index is -2.92. The van der Waals surface area contributed by atoms with Gasteiger partial charge in [-0.3, -0.25) is 12.6 Å². The molecule has 2 aromatic carbocycles. The minimum Gasteiger partial charge on any atom is -0.465 e. The van der Waals surface area contributed by atoms with E-state index in [1.165, 1.54) is 12.1 Å². The zero-order valence-corrected chi connectivity index (χ0v) is 19.1. The summed E-state index contributed by atoms with van der Waals surface area (Å²) in [7, 11) is 0. The van der Waals surface area contributed by atoms with E-state index in [4.69, 9.17) is 4.74 Å². The van der Waals surface area contributed by atoms with Crippen molar-refractivity contribution in [1.29, 1.82) is 0 Å². The fraction of sp³-hybridized carbons (Fsp3) is 0.273. The van der Waals surface area contributed by atoms with Gasteiger partial charge in [-0.05, 0) is 32.0 Å². The Kier molecular flexibility index (Phi) is 6.74. The lowest BCUT2D eigenvalue weighted by Crippen LogP contribution is -2.15. The summed E-state index contributed by atoms with van der Waals surface area (Å²) in [5.41, 5.74) is 3.97. The topological polar surface area (TPSA) is 47.4 Å². The number of benzene rings is 2. The SMILES string of the molecule is CCOC(=O)Cn1ncc(-c2ccccc2N(I)c2cccc(C(C)(F)F)c2)c1C. The lowest BCUT2D eigenvalue weighted by molar-refractivity contribution is -0.144. The van der Waals surface area contributed by atoms with Gasteiger partial charge in [0, 0.05) is 29.3 Å². The van der Waals surface area contributed by atoms with Crippen LogP contribution in [-0.2, 0) is 22.0 Å². The van der Waals surface area contributed by atoms with Gasteiger partial charge in [-0.25, -0.2) is 8.78 Å². The van der Waals surface area contributed by atoms with Gasteiger partial charge in [0.25, 0.3) is 5.92 Å². The Labute approximate surface area is 188 Å². The number of rotatable bonds is 7. The molecule has 3 aromatic rings. The molecule has 0 bridgehead atoms. The predicted octanol–water partition coefficient (Wildman–Crippen LogP) is 6.02. The predicted molar refractivity (Wildman–Crippen MR) is 121 cm³/mol. The van der Waals surface area contributed by atoms with Gasteiger partial charge >= 0.3 is 5.97 Å². The third kappa shape index (κ3) is 4.80. The number of aromatic nitrogens is 2. The van der Waals surface area contributed by atoms with Crippen LogP contribution in [0, 0.1) is 6.92 Å². The van der Waals surface area contributed by atoms with Crippen molar-refractivity contribution in [3.8, 4) is 11.1 Å². The first kappa shape index (κ1) is 22.2. The van der Waals surface area contributed by atoms with Crippen LogP contribution in [0.15, 0.2) is 54.7 Å². The van der Waals surface area contributed by atoms with E-state index in [9.17, 15) is 13.6 Å². The second-order valence-electron chi connectivity index (χ2n) is 6.84. The van der Waals surface area contributed by atoms with E-state index >= 15 is 0 Å². The molecule has 0 atom stereocenters. The fourth-order valence-electron chi connectivity index (χ4n) is 3.11. The van der Waals surface area contributed by atoms with E-state index in [1.54, 1.807) is 29.9 Å². The van der Waals surface area contributed by atoms with Gasteiger partial charge in [-0.15, -0.1) is 0 Å². The second-order valence-corrected chi connectivity index (χ2v) is 7.81. The van der Waals surface area contributed by atoms with E-state index in [1.807, 2.05) is 34.3 Å². The Morgan fingerprint density at radius 2 is 1.93 bits per heavy atom. The summed E-state index contributed by atoms with van der Waals surface area (Å²) in [5, 5.41) is 4.33. The lowest BCUT2D eigenvalue weighted by Gasteiger charge is -2.22. The smallest absolute Gasteiger partial charge is 0.327 e. The Bertz CT molecular complexity index is 1050. The number of carbonyl (C=O) groups is 1. The van der Waals surface area contributed by atoms with Crippen molar-refractivity contribution >= 4 is 40.2 Å². The molecule has 0 amide bonds. The molecule has 0 saturated heterocycles. The van der Waals surface area contributed by atoms with Crippen molar-refractivity contribution in [1.82, 2.24) is 9.78 Å². The monoisotopic (exact) mass is 525 g/mol. The first-order valence-electron chi connectivity index (χ1n) is 9.44. The lowest BCUT2D eigenvalue weighted by atomic mass is 10.0. The van der Waals surface area contributed by atoms with Crippen LogP contribution in [0.5, 0.6) is 0 Å². The van der Waals surface area contributed by atoms with Crippen LogP contribution in [0.25, 0.3) is 11.1 Å². The largest absolute Gasteiger partial charge is 0.465 e. The van der Waals surface area contributed by atoms with E-state index in [0.717, 1.165) is 29.4 Å². The van der Waals surface area contributed by atoms with Crippen molar-refractivity contribution in [2.24, 2.45) is 0 Å². The van der Waals surface area contributed by atoms with Crippen LogP contribution < -0.4 is 3.11 Å². The van der Waals surface area contributed by atoms with Crippen LogP contribution in [0.4, 0.5) is 20.2 Å². The van der Waals surface area contributed by atoms with Gasteiger partial charge in [0.15, 0.2) is 0 Å². The summed E-state index contributed by atoms with van der Waals surface area (Å²) in [6, 6.07) is 14.0. The molecule has 158 valence electrons. The summed E-state index contributed by atoms with van der Waals surface area (Å²) in [6.45, 7) is 4.87. The molecule has 30 heavy (non-hydrogen) atoms. The van der Waals surface area contributed by atoms with E-state index in [-0.39, 0.29) is 18.1 Å². The molecule has 0 spiro atoms. The maximum Gasteiger partial charge on any atom is 0.327 e. The van der Waals surface area contributed by atoms with Crippen molar-refractivity contribution in [2.75, 3.05) is 9.72 Å². The van der Waals surface area contributed by atoms with E-state index < -0.39 is 5.92 Å². The number of anilines is 2. The number of hydrogen-bond acceptors (Lipinski definition) is 4. The summed E-state index contributed by atoms with van der Waals surface area (Å²) >= 11 is 2.11. The zero-order valence-electron chi connectivity index (χ0n) is 16.9. The summed E-state index contributed by atoms with van der Waals surface area (Å²) in [6.07, 6.45) is 1.70. The Morgan fingerprint density at radius 1 is 1.20 bits per heavy atom. The number of hydrogen-bond donors (Lipinski definition) is 0. The minimum absolute atomic E-state index is 0.0312. The summed E-state index contributed by atoms with van der Waals surface area (Å²) in [4.78, 5) is 11.8. The van der Waals surface area contributed by atoms with Gasteiger partial charge in [-0.1, -0.05) is 30.3 Å². The van der Waals surface area contributed by atoms with Crippen molar-refractivity contribution < 1.29 is 18.3 Å². The normalized spacial score (nSPS) is 11.4. The average molecular weight is 525 g/mol. The molecule has 0 unspecified atom stereocenters. The molecule has 5 nitrogen and oxygen atoms in total. The Balaban J connectivity index is 1.98. The molecule has 0 N–H and O–H groups in total. The first-order valence-corrected chi connectivity index (χ1v) is 10.4. The molecule has 0 saturated carbocycles. The number of alkyl halides is 2. The quantitative estimate of drug-likeness (QED) is 0.215. The molecular formula is C22H22F2IN3O2. The number of esters is 1. The highest BCUT2D eigenvalue weighted by Crippen LogP contribution is 2.40. The van der Waals surface area contributed by atoms with Gasteiger partial charge in [0.2, 0.25) is 0 Å². The van der Waals surface area contributed by atoms with Gasteiger partial charge in [0.05, 0.1) is 47.0 Å². The first-order chi connectivity index (χ1) is 14.2. The molecule has 0 fully saturated rings. The van der Waals surface area contributed by atoms with Crippen molar-refractivity contribution in [3.63, 3.8) is 0 Å². The number of ether oxygens (including phenoxy) is 1. The maximum absolute atomic E-state index is 13.8. The van der Waals surface area contributed by atoms with Crippen LogP contribution in [-0.4, -0.2) is 22.4 Å². The molecule has 0 aliphatic rings. The maximum atomic E-state index is 13.8. The molecule has 8 heteroatoms. The average Bonchev–Trinajstić information content (AvgIpc) is 3.07. The molecule has 0 aliphatic carbocycles. The van der Waals surface area contributed by atoms with Crippen molar-refractivity contribution in [2.45, 2.75) is 33.2 Å². The molecule has 0 radical (unpaired) electrons. The molecule has 1 heterocycles.